The maximum Gasteiger partial charge on any atom is 0.163 e. The highest BCUT2D eigenvalue weighted by Crippen LogP contribution is 2.47. The van der Waals surface area contributed by atoms with Crippen LogP contribution in [0.2, 0.25) is 15.2 Å². The van der Waals surface area contributed by atoms with Crippen LogP contribution in [0.4, 0.5) is 11.5 Å². The number of benzene rings is 1. The molecule has 2 heterocycles. The van der Waals surface area contributed by atoms with Crippen LogP contribution in [0.5, 0.6) is 0 Å². The molecule has 1 unspecified atom stereocenters. The molecule has 0 fully saturated rings. The van der Waals surface area contributed by atoms with Crippen LogP contribution in [0.1, 0.15) is 50.6 Å². The summed E-state index contributed by atoms with van der Waals surface area (Å²) < 4.78 is 0. The SMILES string of the molecule is CCCCN1c2ncnc(Cl)c2NC2=C(C(=O)CCC2)C1c1ccc(Cl)cc1Cl. The molecule has 29 heavy (non-hydrogen) atoms. The number of ketones is 1. The molecular weight excluding hydrogens is 431 g/mol. The van der Waals surface area contributed by atoms with Crippen molar-refractivity contribution in [1.29, 1.82) is 0 Å². The first-order valence-electron chi connectivity index (χ1n) is 9.76. The molecule has 1 N–H and O–H groups in total. The first-order chi connectivity index (χ1) is 14.0. The van der Waals surface area contributed by atoms with Crippen molar-refractivity contribution >= 4 is 52.1 Å². The monoisotopic (exact) mass is 450 g/mol. The van der Waals surface area contributed by atoms with Gasteiger partial charge < -0.3 is 10.2 Å². The van der Waals surface area contributed by atoms with Gasteiger partial charge in [-0.25, -0.2) is 9.97 Å². The van der Waals surface area contributed by atoms with Gasteiger partial charge in [0.15, 0.2) is 16.8 Å². The van der Waals surface area contributed by atoms with Crippen LogP contribution < -0.4 is 10.2 Å². The lowest BCUT2D eigenvalue weighted by Gasteiger charge is -2.35. The highest BCUT2D eigenvalue weighted by Gasteiger charge is 2.38. The Kier molecular flexibility index (Phi) is 6.00. The van der Waals surface area contributed by atoms with Crippen molar-refractivity contribution in [2.24, 2.45) is 0 Å². The zero-order valence-electron chi connectivity index (χ0n) is 16.0. The van der Waals surface area contributed by atoms with Crippen molar-refractivity contribution in [2.75, 3.05) is 16.8 Å². The van der Waals surface area contributed by atoms with Gasteiger partial charge in [-0.2, -0.15) is 0 Å². The first kappa shape index (κ1) is 20.5. The van der Waals surface area contributed by atoms with E-state index in [0.717, 1.165) is 42.5 Å². The standard InChI is InChI=1S/C21H21Cl3N4O/c1-2-3-9-28-19(13-8-7-12(22)10-14(13)23)17-15(5-4-6-16(17)29)27-18-20(24)25-11-26-21(18)28/h7-8,10-11,19,27H,2-6,9H2,1H3. The van der Waals surface area contributed by atoms with E-state index in [1.54, 1.807) is 12.1 Å². The fraction of sp³-hybridized carbons (Fsp3) is 0.381. The van der Waals surface area contributed by atoms with Crippen molar-refractivity contribution < 1.29 is 4.79 Å². The third kappa shape index (κ3) is 3.83. The number of carbonyl (C=O) groups is 1. The number of nitrogens with zero attached hydrogens (tertiary/aromatic N) is 3. The summed E-state index contributed by atoms with van der Waals surface area (Å²) in [4.78, 5) is 23.9. The van der Waals surface area contributed by atoms with E-state index in [9.17, 15) is 4.79 Å². The summed E-state index contributed by atoms with van der Waals surface area (Å²) in [7, 11) is 0. The van der Waals surface area contributed by atoms with Crippen LogP contribution in [0.25, 0.3) is 0 Å². The number of Topliss-reactive ketones (excluding diaryl/α,β-unsaturated/α-hetero) is 1. The van der Waals surface area contributed by atoms with E-state index < -0.39 is 0 Å². The maximum absolute atomic E-state index is 13.1. The average molecular weight is 452 g/mol. The Morgan fingerprint density at radius 2 is 2.03 bits per heavy atom. The molecule has 1 aromatic heterocycles. The summed E-state index contributed by atoms with van der Waals surface area (Å²) in [5.41, 5.74) is 3.07. The molecule has 2 aliphatic rings. The molecule has 8 heteroatoms. The fourth-order valence-electron chi connectivity index (χ4n) is 4.03. The summed E-state index contributed by atoms with van der Waals surface area (Å²) in [5.74, 6) is 0.796. The summed E-state index contributed by atoms with van der Waals surface area (Å²) in [6.45, 7) is 2.83. The van der Waals surface area contributed by atoms with Crippen molar-refractivity contribution in [3.8, 4) is 0 Å². The number of halogens is 3. The Morgan fingerprint density at radius 1 is 1.21 bits per heavy atom. The number of rotatable bonds is 4. The van der Waals surface area contributed by atoms with Crippen LogP contribution in [-0.4, -0.2) is 22.3 Å². The molecule has 152 valence electrons. The molecule has 0 saturated carbocycles. The third-order valence-corrected chi connectivity index (χ3v) is 6.23. The maximum atomic E-state index is 13.1. The quantitative estimate of drug-likeness (QED) is 0.559. The Labute approximate surface area is 185 Å². The number of anilines is 2. The predicted molar refractivity (Wildman–Crippen MR) is 118 cm³/mol. The Balaban J connectivity index is 1.98. The van der Waals surface area contributed by atoms with Crippen LogP contribution >= 0.6 is 34.8 Å². The zero-order valence-corrected chi connectivity index (χ0v) is 18.3. The van der Waals surface area contributed by atoms with Crippen molar-refractivity contribution in [3.05, 3.63) is 56.6 Å². The van der Waals surface area contributed by atoms with Crippen molar-refractivity contribution in [3.63, 3.8) is 0 Å². The average Bonchev–Trinajstić information content (AvgIpc) is 2.83. The number of unbranched alkanes of at least 4 members (excludes halogenated alkanes) is 1. The first-order valence-corrected chi connectivity index (χ1v) is 10.9. The van der Waals surface area contributed by atoms with E-state index in [1.165, 1.54) is 6.33 Å². The summed E-state index contributed by atoms with van der Waals surface area (Å²) in [5, 5.41) is 4.81. The molecule has 0 amide bonds. The van der Waals surface area contributed by atoms with E-state index in [0.29, 0.717) is 39.7 Å². The van der Waals surface area contributed by atoms with Gasteiger partial charge in [-0.15, -0.1) is 0 Å². The number of hydrogen-bond donors (Lipinski definition) is 1. The van der Waals surface area contributed by atoms with E-state index >= 15 is 0 Å². The van der Waals surface area contributed by atoms with Crippen molar-refractivity contribution in [1.82, 2.24) is 9.97 Å². The number of fused-ring (bicyclic) bond motifs is 1. The van der Waals surface area contributed by atoms with Crippen LogP contribution in [-0.2, 0) is 4.79 Å². The smallest absolute Gasteiger partial charge is 0.163 e. The lowest BCUT2D eigenvalue weighted by atomic mass is 9.86. The molecular formula is C21H21Cl3N4O. The molecule has 0 bridgehead atoms. The summed E-state index contributed by atoms with van der Waals surface area (Å²) in [6, 6.07) is 5.06. The third-order valence-electron chi connectivity index (χ3n) is 5.38. The van der Waals surface area contributed by atoms with Gasteiger partial charge in [-0.3, -0.25) is 4.79 Å². The molecule has 5 nitrogen and oxygen atoms in total. The Morgan fingerprint density at radius 3 is 2.79 bits per heavy atom. The van der Waals surface area contributed by atoms with Crippen LogP contribution in [0.3, 0.4) is 0 Å². The minimum Gasteiger partial charge on any atom is -0.353 e. The van der Waals surface area contributed by atoms with Gasteiger partial charge in [0.05, 0.1) is 6.04 Å². The summed E-state index contributed by atoms with van der Waals surface area (Å²) in [6.07, 6.45) is 5.45. The largest absolute Gasteiger partial charge is 0.353 e. The second-order valence-electron chi connectivity index (χ2n) is 7.27. The van der Waals surface area contributed by atoms with Gasteiger partial charge in [-0.1, -0.05) is 54.2 Å². The van der Waals surface area contributed by atoms with E-state index in [2.05, 4.69) is 27.1 Å². The van der Waals surface area contributed by atoms with E-state index in [4.69, 9.17) is 34.8 Å². The number of nitrogens with one attached hydrogen (secondary N) is 1. The molecule has 4 rings (SSSR count). The van der Waals surface area contributed by atoms with E-state index in [1.807, 2.05) is 6.07 Å². The van der Waals surface area contributed by atoms with Gasteiger partial charge >= 0.3 is 0 Å². The number of allylic oxidation sites excluding steroid dienone is 1. The molecule has 0 saturated heterocycles. The van der Waals surface area contributed by atoms with Gasteiger partial charge in [0, 0.05) is 34.3 Å². The second-order valence-corrected chi connectivity index (χ2v) is 8.47. The molecule has 1 aliphatic carbocycles. The van der Waals surface area contributed by atoms with Gasteiger partial charge in [0.25, 0.3) is 0 Å². The number of aromatic nitrogens is 2. The predicted octanol–water partition coefficient (Wildman–Crippen LogP) is 6.22. The zero-order chi connectivity index (χ0) is 20.5. The Bertz CT molecular complexity index is 992. The second kappa shape index (κ2) is 8.50. The van der Waals surface area contributed by atoms with E-state index in [-0.39, 0.29) is 11.8 Å². The molecule has 1 aliphatic heterocycles. The molecule has 2 aromatic rings. The number of carbonyl (C=O) groups excluding carboxylic acids is 1. The minimum atomic E-state index is -0.367. The Hall–Kier alpha value is -1.82. The summed E-state index contributed by atoms with van der Waals surface area (Å²) >= 11 is 19.2. The van der Waals surface area contributed by atoms with Gasteiger partial charge in [-0.05, 0) is 37.0 Å². The minimum absolute atomic E-state index is 0.119. The fourth-order valence-corrected chi connectivity index (χ4v) is 4.72. The topological polar surface area (TPSA) is 58.1 Å². The van der Waals surface area contributed by atoms with Crippen LogP contribution in [0, 0.1) is 0 Å². The molecule has 1 atom stereocenters. The lowest BCUT2D eigenvalue weighted by molar-refractivity contribution is -0.116. The molecule has 0 radical (unpaired) electrons. The number of hydrogen-bond acceptors (Lipinski definition) is 5. The lowest BCUT2D eigenvalue weighted by Crippen LogP contribution is -2.34. The van der Waals surface area contributed by atoms with Crippen LogP contribution in [0.15, 0.2) is 35.8 Å². The molecule has 0 spiro atoms. The van der Waals surface area contributed by atoms with Gasteiger partial charge in [0.2, 0.25) is 0 Å². The molecule has 1 aromatic carbocycles. The van der Waals surface area contributed by atoms with Crippen molar-refractivity contribution in [2.45, 2.75) is 45.1 Å². The van der Waals surface area contributed by atoms with Gasteiger partial charge in [0.1, 0.15) is 12.0 Å². The highest BCUT2D eigenvalue weighted by atomic mass is 35.5. The highest BCUT2D eigenvalue weighted by molar-refractivity contribution is 6.35. The normalized spacial score (nSPS) is 18.8.